The van der Waals surface area contributed by atoms with Crippen LogP contribution in [0.25, 0.3) is 0 Å². The minimum absolute atomic E-state index is 1.23. The van der Waals surface area contributed by atoms with E-state index in [0.29, 0.717) is 0 Å². The summed E-state index contributed by atoms with van der Waals surface area (Å²) in [7, 11) is 3.05. The van der Waals surface area contributed by atoms with Gasteiger partial charge in [-0.1, -0.05) is 0 Å². The second-order valence-electron chi connectivity index (χ2n) is 3.33. The quantitative estimate of drug-likeness (QED) is 0.623. The molecule has 3 nitrogen and oxygen atoms in total. The Bertz CT molecular complexity index is 110. The van der Waals surface area contributed by atoms with Crippen molar-refractivity contribution in [3.63, 3.8) is 0 Å². The summed E-state index contributed by atoms with van der Waals surface area (Å²) in [4.78, 5) is 0. The maximum atomic E-state index is 4.74. The smallest absolute Gasteiger partial charge is 0.379 e. The summed E-state index contributed by atoms with van der Waals surface area (Å²) >= 11 is 0. The van der Waals surface area contributed by atoms with Crippen LogP contribution in [0.5, 0.6) is 0 Å². The minimum Gasteiger partial charge on any atom is -0.379 e. The fourth-order valence-electron chi connectivity index (χ4n) is 1.47. The molecule has 2 fully saturated rings. The molecule has 0 heterocycles. The third-order valence-electron chi connectivity index (χ3n) is 2.55. The Morgan fingerprint density at radius 1 is 0.917 bits per heavy atom. The van der Waals surface area contributed by atoms with Gasteiger partial charge in [0.1, 0.15) is 0 Å². The number of hydrogen-bond donors (Lipinski definition) is 0. The molecule has 72 valence electrons. The van der Waals surface area contributed by atoms with E-state index in [1.54, 1.807) is 40.6 Å². The normalized spacial score (nSPS) is 30.0. The molecule has 0 aromatic heterocycles. The summed E-state index contributed by atoms with van der Waals surface area (Å²) in [5.41, 5.74) is 0. The van der Waals surface area contributed by atoms with E-state index in [1.165, 1.54) is 11.8 Å². The van der Waals surface area contributed by atoms with Crippen LogP contribution in [-0.4, -0.2) is 30.9 Å². The first-order chi connectivity index (χ1) is 5.81. The number of hydrogen-bond acceptors (Lipinski definition) is 3. The molecule has 2 unspecified atom stereocenters. The van der Waals surface area contributed by atoms with Gasteiger partial charge in [-0.3, -0.25) is 0 Å². The van der Waals surface area contributed by atoms with Crippen molar-refractivity contribution < 1.29 is 13.3 Å². The van der Waals surface area contributed by atoms with Crippen molar-refractivity contribution in [1.29, 1.82) is 0 Å². The van der Waals surface area contributed by atoms with E-state index >= 15 is 0 Å². The van der Waals surface area contributed by atoms with E-state index in [0.717, 1.165) is 0 Å². The van der Waals surface area contributed by atoms with Gasteiger partial charge in [0.2, 0.25) is 0 Å². The Morgan fingerprint density at radius 3 is 1.33 bits per heavy atom. The first kappa shape index (κ1) is 10.2. The van der Waals surface area contributed by atoms with Crippen LogP contribution in [0.15, 0.2) is 0 Å². The average molecular weight is 190 g/mol. The van der Waals surface area contributed by atoms with Crippen molar-refractivity contribution in [2.75, 3.05) is 21.3 Å². The molecule has 2 saturated carbocycles. The molecule has 0 radical (unpaired) electrons. The summed E-state index contributed by atoms with van der Waals surface area (Å²) in [6.45, 7) is 0. The third-order valence-corrected chi connectivity index (χ3v) is 3.71. The fourth-order valence-corrected chi connectivity index (χ4v) is 2.05. The molecule has 0 amide bonds. The van der Waals surface area contributed by atoms with E-state index in [9.17, 15) is 0 Å². The van der Waals surface area contributed by atoms with E-state index in [2.05, 4.69) is 0 Å². The van der Waals surface area contributed by atoms with Crippen molar-refractivity contribution in [3.05, 3.63) is 0 Å². The lowest BCUT2D eigenvalue weighted by atomic mass is 10.0. The van der Waals surface area contributed by atoms with Gasteiger partial charge in [0.25, 0.3) is 0 Å². The highest BCUT2D eigenvalue weighted by atomic mass is 28.3. The molecule has 0 aliphatic heterocycles. The Labute approximate surface area is 76.0 Å². The van der Waals surface area contributed by atoms with Crippen LogP contribution in [0.4, 0.5) is 0 Å². The zero-order valence-corrected chi connectivity index (χ0v) is 9.23. The highest BCUT2D eigenvalue weighted by Crippen LogP contribution is 2.55. The van der Waals surface area contributed by atoms with Crippen molar-refractivity contribution in [2.24, 2.45) is 11.8 Å². The molecule has 2 rings (SSSR count). The Kier molecular flexibility index (Phi) is 4.21. The summed E-state index contributed by atoms with van der Waals surface area (Å²) in [6, 6.07) is 0. The van der Waals surface area contributed by atoms with E-state index in [4.69, 9.17) is 13.3 Å². The predicted molar refractivity (Wildman–Crippen MR) is 49.0 cm³/mol. The van der Waals surface area contributed by atoms with Crippen molar-refractivity contribution in [3.8, 4) is 0 Å². The third kappa shape index (κ3) is 2.86. The fraction of sp³-hybridized carbons (Fsp3) is 1.00. The summed E-state index contributed by atoms with van der Waals surface area (Å²) in [6.07, 6.45) is 4.70. The minimum atomic E-state index is -1.67. The topological polar surface area (TPSA) is 27.7 Å². The number of fused-ring (bicyclic) bond motifs is 1. The number of rotatable bonds is 3. The maximum absolute atomic E-state index is 4.74. The summed E-state index contributed by atoms with van der Waals surface area (Å²) in [5.74, 6) is 2.46. The van der Waals surface area contributed by atoms with Gasteiger partial charge >= 0.3 is 9.53 Å². The zero-order valence-electron chi connectivity index (χ0n) is 8.08. The molecule has 2 atom stereocenters. The molecule has 0 N–H and O–H groups in total. The van der Waals surface area contributed by atoms with E-state index < -0.39 is 9.53 Å². The standard InChI is InChI=1S/C5H8.C3H10O3Si/c1-2-5-3-4(1)5;1-4-7(5-2)6-3/h4-5H,1-3H2;7H,1-3H3. The molecule has 12 heavy (non-hydrogen) atoms. The van der Waals surface area contributed by atoms with Crippen LogP contribution in [0.3, 0.4) is 0 Å². The lowest BCUT2D eigenvalue weighted by molar-refractivity contribution is 0.163. The molecule has 0 spiro atoms. The van der Waals surface area contributed by atoms with Crippen LogP contribution in [0.1, 0.15) is 19.3 Å². The Morgan fingerprint density at radius 2 is 1.33 bits per heavy atom. The van der Waals surface area contributed by atoms with Gasteiger partial charge in [-0.05, 0) is 31.1 Å². The first-order valence-corrected chi connectivity index (χ1v) is 5.81. The molecule has 2 aliphatic carbocycles. The van der Waals surface area contributed by atoms with Gasteiger partial charge < -0.3 is 13.3 Å². The summed E-state index contributed by atoms with van der Waals surface area (Å²) < 4.78 is 14.2. The van der Waals surface area contributed by atoms with Gasteiger partial charge in [-0.15, -0.1) is 0 Å². The van der Waals surface area contributed by atoms with Gasteiger partial charge in [0.15, 0.2) is 0 Å². The lowest BCUT2D eigenvalue weighted by Gasteiger charge is -2.05. The highest BCUT2D eigenvalue weighted by Gasteiger charge is 2.44. The van der Waals surface area contributed by atoms with Crippen molar-refractivity contribution >= 4 is 9.53 Å². The first-order valence-electron chi connectivity index (χ1n) is 4.40. The predicted octanol–water partition coefficient (Wildman–Crippen LogP) is 1.06. The molecule has 0 bridgehead atoms. The molecular formula is C8H18O3Si. The van der Waals surface area contributed by atoms with Crippen LogP contribution < -0.4 is 0 Å². The van der Waals surface area contributed by atoms with Crippen molar-refractivity contribution in [1.82, 2.24) is 0 Å². The Balaban J connectivity index is 0.000000123. The van der Waals surface area contributed by atoms with E-state index in [1.807, 2.05) is 0 Å². The average Bonchev–Trinajstić information content (AvgIpc) is 2.63. The maximum Gasteiger partial charge on any atom is 0.483 e. The van der Waals surface area contributed by atoms with Crippen LogP contribution in [0, 0.1) is 11.8 Å². The highest BCUT2D eigenvalue weighted by molar-refractivity contribution is 6.36. The Hall–Kier alpha value is 0.0969. The van der Waals surface area contributed by atoms with Crippen LogP contribution in [0.2, 0.25) is 0 Å². The molecule has 2 aliphatic rings. The van der Waals surface area contributed by atoms with Gasteiger partial charge in [-0.25, -0.2) is 0 Å². The zero-order chi connectivity index (χ0) is 8.97. The second-order valence-corrected chi connectivity index (χ2v) is 5.32. The lowest BCUT2D eigenvalue weighted by Crippen LogP contribution is -2.21. The molecule has 0 saturated heterocycles. The van der Waals surface area contributed by atoms with Crippen LogP contribution >= 0.6 is 0 Å². The SMILES string of the molecule is C1CC2CC12.CO[SiH](OC)OC. The summed E-state index contributed by atoms with van der Waals surface area (Å²) in [5, 5.41) is 0. The second kappa shape index (κ2) is 4.96. The van der Waals surface area contributed by atoms with Crippen molar-refractivity contribution in [2.45, 2.75) is 19.3 Å². The largest absolute Gasteiger partial charge is 0.483 e. The molecule has 4 heteroatoms. The van der Waals surface area contributed by atoms with Crippen LogP contribution in [-0.2, 0) is 13.3 Å². The monoisotopic (exact) mass is 190 g/mol. The van der Waals surface area contributed by atoms with Gasteiger partial charge in [0.05, 0.1) is 0 Å². The van der Waals surface area contributed by atoms with Gasteiger partial charge in [0, 0.05) is 21.3 Å². The molecular weight excluding hydrogens is 172 g/mol. The van der Waals surface area contributed by atoms with Gasteiger partial charge in [-0.2, -0.15) is 0 Å². The molecule has 0 aromatic carbocycles. The van der Waals surface area contributed by atoms with E-state index in [-0.39, 0.29) is 0 Å². The molecule has 0 aromatic rings.